The quantitative estimate of drug-likeness (QED) is 0.578. The number of thiophene rings is 1. The van der Waals surface area contributed by atoms with Crippen LogP contribution in [0.15, 0.2) is 18.2 Å². The van der Waals surface area contributed by atoms with Gasteiger partial charge in [-0.1, -0.05) is 39.3 Å². The van der Waals surface area contributed by atoms with E-state index in [9.17, 15) is 20.0 Å². The first-order valence-corrected chi connectivity index (χ1v) is 10.7. The second kappa shape index (κ2) is 7.02. The normalized spacial score (nSPS) is 21.0. The van der Waals surface area contributed by atoms with Gasteiger partial charge in [0.1, 0.15) is 11.2 Å². The number of rotatable bonds is 4. The highest BCUT2D eigenvalue weighted by atomic mass is 32.1. The van der Waals surface area contributed by atoms with Gasteiger partial charge in [0.15, 0.2) is 0 Å². The molecule has 0 saturated heterocycles. The predicted molar refractivity (Wildman–Crippen MR) is 110 cm³/mol. The Balaban J connectivity index is 1.68. The van der Waals surface area contributed by atoms with Gasteiger partial charge in [-0.15, -0.1) is 17.1 Å². The number of amides is 1. The van der Waals surface area contributed by atoms with Gasteiger partial charge in [-0.05, 0) is 36.2 Å². The fourth-order valence-corrected chi connectivity index (χ4v) is 5.69. The number of carbonyl (C=O) groups is 1. The van der Waals surface area contributed by atoms with Crippen molar-refractivity contribution >= 4 is 27.9 Å². The van der Waals surface area contributed by atoms with Crippen LogP contribution in [0.2, 0.25) is 0 Å². The number of benzene rings is 1. The summed E-state index contributed by atoms with van der Waals surface area (Å²) in [5.74, 6) is -0.000181. The fourth-order valence-electron chi connectivity index (χ4n) is 4.34. The van der Waals surface area contributed by atoms with Crippen LogP contribution in [-0.2, 0) is 12.8 Å². The van der Waals surface area contributed by atoms with Crippen LogP contribution in [0.5, 0.6) is 5.75 Å². The summed E-state index contributed by atoms with van der Waals surface area (Å²) in [5, 5.41) is 30.0. The van der Waals surface area contributed by atoms with Gasteiger partial charge >= 0.3 is 0 Å². The highest BCUT2D eigenvalue weighted by molar-refractivity contribution is 7.16. The Morgan fingerprint density at radius 2 is 2.07 bits per heavy atom. The minimum Gasteiger partial charge on any atom is -0.872 e. The highest BCUT2D eigenvalue weighted by Gasteiger charge is 2.38. The number of hydrogen-bond acceptors (Lipinski definition) is 6. The molecule has 0 fully saturated rings. The number of carbonyl (C=O) groups excluding carboxylic acids is 1. The zero-order chi connectivity index (χ0) is 20.9. The van der Waals surface area contributed by atoms with Gasteiger partial charge in [0.05, 0.1) is 16.1 Å². The molecule has 2 N–H and O–H groups in total. The summed E-state index contributed by atoms with van der Waals surface area (Å²) in [6.45, 7) is 6.81. The summed E-state index contributed by atoms with van der Waals surface area (Å²) in [6.07, 6.45) is 3.17. The van der Waals surface area contributed by atoms with Crippen molar-refractivity contribution in [3.8, 4) is 5.75 Å². The van der Waals surface area contributed by atoms with E-state index in [0.717, 1.165) is 42.3 Å². The lowest BCUT2D eigenvalue weighted by Gasteiger charge is -2.36. The number of nitrogens with zero attached hydrogens (tertiary/aromatic N) is 1. The first-order chi connectivity index (χ1) is 13.7. The molecule has 154 valence electrons. The molecule has 1 amide bonds. The minimum atomic E-state index is -0.799. The van der Waals surface area contributed by atoms with Crippen LogP contribution in [0.25, 0.3) is 0 Å². The molecule has 2 aliphatic rings. The van der Waals surface area contributed by atoms with Crippen LogP contribution in [0.1, 0.15) is 66.1 Å². The summed E-state index contributed by atoms with van der Waals surface area (Å²) >= 11 is 1.57. The monoisotopic (exact) mass is 414 g/mol. The standard InChI is InChI=1S/C21H25N3O4S/c1-4-21(2,3)11-5-7-13-16(9-11)29-20-17(13)19(26)22-18(23-20)14-10-12(25)6-8-15(14)24(27)28/h6,8,10-11,18,23,25H,4-5,7,9H2,1-3H3,(H,22,26)/p-1/t11-,18+/m1/s1. The third-order valence-corrected chi connectivity index (χ3v) is 7.75. The molecular weight excluding hydrogens is 390 g/mol. The van der Waals surface area contributed by atoms with Crippen LogP contribution in [0, 0.1) is 21.4 Å². The van der Waals surface area contributed by atoms with Gasteiger partial charge in [-0.25, -0.2) is 0 Å². The summed E-state index contributed by atoms with van der Waals surface area (Å²) in [4.78, 5) is 25.0. The van der Waals surface area contributed by atoms with Crippen molar-refractivity contribution in [2.75, 3.05) is 5.32 Å². The third kappa shape index (κ3) is 3.35. The van der Waals surface area contributed by atoms with Crippen molar-refractivity contribution < 1.29 is 14.8 Å². The van der Waals surface area contributed by atoms with Crippen LogP contribution in [0.4, 0.5) is 10.7 Å². The Labute approximate surface area is 173 Å². The van der Waals surface area contributed by atoms with Gasteiger partial charge in [-0.3, -0.25) is 14.9 Å². The Kier molecular flexibility index (Phi) is 4.77. The molecular formula is C21H24N3O4S-. The maximum atomic E-state index is 12.9. The zero-order valence-corrected chi connectivity index (χ0v) is 17.5. The SMILES string of the molecule is CCC(C)(C)[C@@H]1CCc2c(sc3c2C(=O)N[C@H](c2cc([O-])ccc2[N+](=O)[O-])N3)C1. The van der Waals surface area contributed by atoms with Crippen molar-refractivity contribution in [3.05, 3.63) is 49.9 Å². The summed E-state index contributed by atoms with van der Waals surface area (Å²) in [5.41, 5.74) is 2.00. The minimum absolute atomic E-state index is 0.179. The smallest absolute Gasteiger partial charge is 0.276 e. The third-order valence-electron chi connectivity index (χ3n) is 6.57. The molecule has 0 bridgehead atoms. The Bertz CT molecular complexity index is 998. The number of fused-ring (bicyclic) bond motifs is 3. The lowest BCUT2D eigenvalue weighted by Crippen LogP contribution is -2.38. The second-order valence-corrected chi connectivity index (χ2v) is 9.62. The molecule has 1 aliphatic carbocycles. The Morgan fingerprint density at radius 1 is 1.31 bits per heavy atom. The summed E-state index contributed by atoms with van der Waals surface area (Å²) in [6, 6.07) is 3.57. The molecule has 1 aliphatic heterocycles. The van der Waals surface area contributed by atoms with E-state index in [0.29, 0.717) is 11.5 Å². The number of nitro benzene ring substituents is 1. The van der Waals surface area contributed by atoms with Crippen molar-refractivity contribution in [3.63, 3.8) is 0 Å². The number of anilines is 1. The molecule has 1 aromatic carbocycles. The molecule has 1 aromatic heterocycles. The Morgan fingerprint density at radius 3 is 2.76 bits per heavy atom. The molecule has 8 heteroatoms. The summed E-state index contributed by atoms with van der Waals surface area (Å²) < 4.78 is 0. The van der Waals surface area contributed by atoms with E-state index in [1.807, 2.05) is 0 Å². The van der Waals surface area contributed by atoms with Gasteiger partial charge < -0.3 is 15.7 Å². The van der Waals surface area contributed by atoms with Crippen LogP contribution >= 0.6 is 11.3 Å². The molecule has 2 aromatic rings. The van der Waals surface area contributed by atoms with Crippen molar-refractivity contribution in [1.82, 2.24) is 5.32 Å². The van der Waals surface area contributed by atoms with E-state index >= 15 is 0 Å². The second-order valence-electron chi connectivity index (χ2n) is 8.52. The predicted octanol–water partition coefficient (Wildman–Crippen LogP) is 4.13. The van der Waals surface area contributed by atoms with E-state index in [-0.39, 0.29) is 28.3 Å². The highest BCUT2D eigenvalue weighted by Crippen LogP contribution is 2.47. The number of hydrogen-bond donors (Lipinski definition) is 2. The van der Waals surface area contributed by atoms with E-state index < -0.39 is 11.1 Å². The molecule has 0 radical (unpaired) electrons. The fraction of sp³-hybridized carbons (Fsp3) is 0.476. The number of nitro groups is 1. The van der Waals surface area contributed by atoms with Crippen molar-refractivity contribution in [2.45, 2.75) is 52.6 Å². The molecule has 0 spiro atoms. The van der Waals surface area contributed by atoms with Crippen molar-refractivity contribution in [2.24, 2.45) is 11.3 Å². The maximum Gasteiger partial charge on any atom is 0.276 e. The average Bonchev–Trinajstić information content (AvgIpc) is 3.05. The molecule has 7 nitrogen and oxygen atoms in total. The first kappa shape index (κ1) is 19.7. The molecule has 0 saturated carbocycles. The lowest BCUT2D eigenvalue weighted by atomic mass is 9.69. The zero-order valence-electron chi connectivity index (χ0n) is 16.7. The van der Waals surface area contributed by atoms with Crippen molar-refractivity contribution in [1.29, 1.82) is 0 Å². The van der Waals surface area contributed by atoms with Crippen LogP contribution < -0.4 is 15.7 Å². The average molecular weight is 415 g/mol. The molecule has 2 heterocycles. The Hall–Kier alpha value is -2.61. The van der Waals surface area contributed by atoms with Gasteiger partial charge in [0.25, 0.3) is 11.6 Å². The molecule has 2 atom stereocenters. The molecule has 29 heavy (non-hydrogen) atoms. The van der Waals surface area contributed by atoms with E-state index in [4.69, 9.17) is 0 Å². The van der Waals surface area contributed by atoms with Gasteiger partial charge in [0.2, 0.25) is 0 Å². The van der Waals surface area contributed by atoms with Crippen LogP contribution in [-0.4, -0.2) is 10.8 Å². The molecule has 0 unspecified atom stereocenters. The number of nitrogens with one attached hydrogen (secondary N) is 2. The van der Waals surface area contributed by atoms with Gasteiger partial charge in [-0.2, -0.15) is 0 Å². The first-order valence-electron chi connectivity index (χ1n) is 9.88. The van der Waals surface area contributed by atoms with E-state index in [1.54, 1.807) is 11.3 Å². The van der Waals surface area contributed by atoms with E-state index in [2.05, 4.69) is 31.4 Å². The van der Waals surface area contributed by atoms with Crippen LogP contribution in [0.3, 0.4) is 0 Å². The van der Waals surface area contributed by atoms with E-state index in [1.165, 1.54) is 17.0 Å². The van der Waals surface area contributed by atoms with Gasteiger partial charge in [0, 0.05) is 10.9 Å². The maximum absolute atomic E-state index is 12.9. The summed E-state index contributed by atoms with van der Waals surface area (Å²) in [7, 11) is 0. The topological polar surface area (TPSA) is 107 Å². The molecule has 4 rings (SSSR count). The largest absolute Gasteiger partial charge is 0.872 e. The lowest BCUT2D eigenvalue weighted by molar-refractivity contribution is -0.386.